The van der Waals surface area contributed by atoms with E-state index in [1.54, 1.807) is 24.0 Å². The van der Waals surface area contributed by atoms with E-state index in [1.807, 2.05) is 13.0 Å². The lowest BCUT2D eigenvalue weighted by Crippen LogP contribution is -2.37. The van der Waals surface area contributed by atoms with Crippen LogP contribution in [0.5, 0.6) is 0 Å². The third-order valence-corrected chi connectivity index (χ3v) is 6.72. The summed E-state index contributed by atoms with van der Waals surface area (Å²) < 4.78 is 2.33. The number of nitrogens with one attached hydrogen (secondary N) is 2. The second-order valence-corrected chi connectivity index (χ2v) is 9.01. The first-order valence-electron chi connectivity index (χ1n) is 9.63. The van der Waals surface area contributed by atoms with Gasteiger partial charge in [-0.3, -0.25) is 4.79 Å². The molecule has 5 atom stereocenters. The van der Waals surface area contributed by atoms with Gasteiger partial charge in [-0.15, -0.1) is 11.3 Å². The van der Waals surface area contributed by atoms with Crippen LogP contribution in [0.15, 0.2) is 18.5 Å². The molecule has 4 rings (SSSR count). The Labute approximate surface area is 187 Å². The SMILES string of the molecule is CNC(=O)[C@H]1[C@H](C)[C@@H](n2cnc3c(NC)nc(C#Cc4ccc(Cl)s4)nc32)[C@H](O)[C@@H]1O. The van der Waals surface area contributed by atoms with Crippen LogP contribution in [0.1, 0.15) is 23.7 Å². The minimum absolute atomic E-state index is 0.270. The first-order chi connectivity index (χ1) is 14.8. The van der Waals surface area contributed by atoms with Crippen molar-refractivity contribution >= 4 is 45.8 Å². The van der Waals surface area contributed by atoms with Crippen molar-refractivity contribution in [2.45, 2.75) is 25.2 Å². The maximum atomic E-state index is 12.3. The summed E-state index contributed by atoms with van der Waals surface area (Å²) in [6, 6.07) is 2.99. The van der Waals surface area contributed by atoms with Crippen LogP contribution >= 0.6 is 22.9 Å². The zero-order valence-electron chi connectivity index (χ0n) is 17.0. The molecule has 0 unspecified atom stereocenters. The van der Waals surface area contributed by atoms with Crippen molar-refractivity contribution in [3.8, 4) is 11.8 Å². The summed E-state index contributed by atoms with van der Waals surface area (Å²) in [6.45, 7) is 1.82. The Morgan fingerprint density at radius 2 is 2.00 bits per heavy atom. The number of aromatic nitrogens is 4. The smallest absolute Gasteiger partial charge is 0.225 e. The molecule has 11 heteroatoms. The predicted octanol–water partition coefficient (Wildman–Crippen LogP) is 1.26. The maximum absolute atomic E-state index is 12.3. The Kier molecular flexibility index (Phi) is 5.85. The van der Waals surface area contributed by atoms with Crippen molar-refractivity contribution in [2.24, 2.45) is 11.8 Å². The van der Waals surface area contributed by atoms with Crippen LogP contribution in [-0.4, -0.2) is 61.9 Å². The highest BCUT2D eigenvalue weighted by molar-refractivity contribution is 7.16. The van der Waals surface area contributed by atoms with Gasteiger partial charge in [-0.2, -0.15) is 0 Å². The maximum Gasteiger partial charge on any atom is 0.225 e. The zero-order chi connectivity index (χ0) is 22.3. The lowest BCUT2D eigenvalue weighted by atomic mass is 9.94. The Bertz CT molecular complexity index is 1200. The van der Waals surface area contributed by atoms with Gasteiger partial charge in [0.25, 0.3) is 0 Å². The van der Waals surface area contributed by atoms with Crippen LogP contribution in [-0.2, 0) is 4.79 Å². The molecule has 0 aromatic carbocycles. The summed E-state index contributed by atoms with van der Waals surface area (Å²) in [6.07, 6.45) is -0.823. The highest BCUT2D eigenvalue weighted by Crippen LogP contribution is 2.42. The number of aliphatic hydroxyl groups is 2. The monoisotopic (exact) mass is 460 g/mol. The Balaban J connectivity index is 1.79. The van der Waals surface area contributed by atoms with Crippen molar-refractivity contribution in [1.29, 1.82) is 0 Å². The quantitative estimate of drug-likeness (QED) is 0.433. The van der Waals surface area contributed by atoms with Crippen LogP contribution in [0, 0.1) is 23.7 Å². The molecule has 0 bridgehead atoms. The molecule has 0 radical (unpaired) electrons. The summed E-state index contributed by atoms with van der Waals surface area (Å²) in [5.74, 6) is 5.25. The molecular formula is C20H21ClN6O3S. The fourth-order valence-corrected chi connectivity index (χ4v) is 4.99. The Morgan fingerprint density at radius 1 is 1.23 bits per heavy atom. The molecule has 0 spiro atoms. The number of nitrogens with zero attached hydrogens (tertiary/aromatic N) is 4. The molecular weight excluding hydrogens is 440 g/mol. The Morgan fingerprint density at radius 3 is 2.65 bits per heavy atom. The number of amides is 1. The molecule has 3 aromatic heterocycles. The van der Waals surface area contributed by atoms with E-state index >= 15 is 0 Å². The van der Waals surface area contributed by atoms with Crippen LogP contribution < -0.4 is 10.6 Å². The average Bonchev–Trinajstić information content (AvgIpc) is 3.42. The number of imidazole rings is 1. The first kappa shape index (κ1) is 21.5. The van der Waals surface area contributed by atoms with E-state index in [0.29, 0.717) is 21.3 Å². The summed E-state index contributed by atoms with van der Waals surface area (Å²) in [4.78, 5) is 26.4. The number of rotatable bonds is 3. The first-order valence-corrected chi connectivity index (χ1v) is 10.8. The predicted molar refractivity (Wildman–Crippen MR) is 118 cm³/mol. The third kappa shape index (κ3) is 3.74. The summed E-state index contributed by atoms with van der Waals surface area (Å²) in [7, 11) is 3.22. The summed E-state index contributed by atoms with van der Waals surface area (Å²) >= 11 is 7.31. The topological polar surface area (TPSA) is 125 Å². The molecule has 31 heavy (non-hydrogen) atoms. The summed E-state index contributed by atoms with van der Waals surface area (Å²) in [5, 5.41) is 26.8. The molecule has 0 saturated heterocycles. The normalized spacial score (nSPS) is 25.3. The number of thiophene rings is 1. The Hall–Kier alpha value is -2.71. The van der Waals surface area contributed by atoms with Gasteiger partial charge < -0.3 is 25.4 Å². The van der Waals surface area contributed by atoms with E-state index in [1.165, 1.54) is 18.4 Å². The molecule has 1 amide bonds. The van der Waals surface area contributed by atoms with Gasteiger partial charge in [0.2, 0.25) is 11.7 Å². The molecule has 3 aromatic rings. The van der Waals surface area contributed by atoms with Crippen LogP contribution in [0.4, 0.5) is 5.82 Å². The third-order valence-electron chi connectivity index (χ3n) is 5.57. The molecule has 1 fully saturated rings. The fourth-order valence-electron chi connectivity index (χ4n) is 4.09. The van der Waals surface area contributed by atoms with E-state index in [4.69, 9.17) is 11.6 Å². The van der Waals surface area contributed by atoms with Gasteiger partial charge in [-0.25, -0.2) is 15.0 Å². The van der Waals surface area contributed by atoms with Crippen molar-refractivity contribution in [3.63, 3.8) is 0 Å². The summed E-state index contributed by atoms with van der Waals surface area (Å²) in [5.41, 5.74) is 0.956. The van der Waals surface area contributed by atoms with Gasteiger partial charge in [0.15, 0.2) is 17.0 Å². The molecule has 1 aliphatic rings. The van der Waals surface area contributed by atoms with Crippen LogP contribution in [0.3, 0.4) is 0 Å². The highest BCUT2D eigenvalue weighted by atomic mass is 35.5. The molecule has 3 heterocycles. The largest absolute Gasteiger partial charge is 0.390 e. The number of carbonyl (C=O) groups is 1. The van der Waals surface area contributed by atoms with Gasteiger partial charge >= 0.3 is 0 Å². The molecule has 1 saturated carbocycles. The number of carbonyl (C=O) groups excluding carboxylic acids is 1. The lowest BCUT2D eigenvalue weighted by molar-refractivity contribution is -0.129. The van der Waals surface area contributed by atoms with E-state index in [9.17, 15) is 15.0 Å². The molecule has 9 nitrogen and oxygen atoms in total. The van der Waals surface area contributed by atoms with E-state index in [0.717, 1.165) is 4.88 Å². The van der Waals surface area contributed by atoms with Crippen molar-refractivity contribution in [3.05, 3.63) is 33.5 Å². The van der Waals surface area contributed by atoms with E-state index < -0.39 is 24.2 Å². The number of hydrogen-bond donors (Lipinski definition) is 4. The standard InChI is InChI=1S/C20H21ClN6O3S/c1-9-13(20(30)23-3)16(28)17(29)15(9)27-8-24-14-18(22-2)25-12(26-19(14)27)7-5-10-4-6-11(21)31-10/h4,6,8-9,13,15-17,28-29H,1-3H3,(H,23,30)(H,22,25,26)/t9-,13-,15+,16+,17-/m0/s1. The molecule has 162 valence electrons. The van der Waals surface area contributed by atoms with Gasteiger partial charge in [-0.05, 0) is 29.9 Å². The number of fused-ring (bicyclic) bond motifs is 1. The molecule has 4 N–H and O–H groups in total. The van der Waals surface area contributed by atoms with Crippen molar-refractivity contribution in [1.82, 2.24) is 24.8 Å². The van der Waals surface area contributed by atoms with Gasteiger partial charge in [0.05, 0.1) is 33.6 Å². The lowest BCUT2D eigenvalue weighted by Gasteiger charge is -2.22. The molecule has 1 aliphatic carbocycles. The second-order valence-electron chi connectivity index (χ2n) is 7.29. The second kappa shape index (κ2) is 8.43. The van der Waals surface area contributed by atoms with Gasteiger partial charge in [0, 0.05) is 14.1 Å². The average molecular weight is 461 g/mol. The van der Waals surface area contributed by atoms with Crippen molar-refractivity contribution < 1.29 is 15.0 Å². The van der Waals surface area contributed by atoms with Gasteiger partial charge in [0.1, 0.15) is 6.10 Å². The number of anilines is 1. The van der Waals surface area contributed by atoms with E-state index in [2.05, 4.69) is 37.4 Å². The zero-order valence-corrected chi connectivity index (χ0v) is 18.6. The number of hydrogen-bond acceptors (Lipinski definition) is 8. The highest BCUT2D eigenvalue weighted by Gasteiger charge is 2.51. The van der Waals surface area contributed by atoms with Crippen LogP contribution in [0.2, 0.25) is 4.34 Å². The van der Waals surface area contributed by atoms with Gasteiger partial charge in [-0.1, -0.05) is 18.5 Å². The fraction of sp³-hybridized carbons (Fsp3) is 0.400. The minimum atomic E-state index is -1.20. The minimum Gasteiger partial charge on any atom is -0.390 e. The van der Waals surface area contributed by atoms with Crippen LogP contribution in [0.25, 0.3) is 11.2 Å². The van der Waals surface area contributed by atoms with Crippen molar-refractivity contribution in [2.75, 3.05) is 19.4 Å². The number of aliphatic hydroxyl groups excluding tert-OH is 2. The molecule has 0 aliphatic heterocycles. The van der Waals surface area contributed by atoms with E-state index in [-0.39, 0.29) is 17.6 Å². The number of halogens is 1.